The second-order valence-electron chi connectivity index (χ2n) is 3.27. The molecule has 0 fully saturated rings. The molecule has 0 bridgehead atoms. The number of hydrogen-bond acceptors (Lipinski definition) is 4. The maximum atomic E-state index is 12.9. The molecule has 0 saturated heterocycles. The summed E-state index contributed by atoms with van der Waals surface area (Å²) in [6, 6.07) is 2.06. The van der Waals surface area contributed by atoms with Crippen LogP contribution < -0.4 is 5.32 Å². The van der Waals surface area contributed by atoms with Crippen LogP contribution in [0.2, 0.25) is 0 Å². The second-order valence-corrected chi connectivity index (χ2v) is 3.27. The van der Waals surface area contributed by atoms with E-state index in [9.17, 15) is 32.5 Å². The van der Waals surface area contributed by atoms with Crippen LogP contribution in [0, 0.1) is 15.9 Å². The van der Waals surface area contributed by atoms with E-state index in [1.54, 1.807) is 5.32 Å². The third-order valence-corrected chi connectivity index (χ3v) is 1.71. The Morgan fingerprint density at radius 3 is 2.53 bits per heavy atom. The van der Waals surface area contributed by atoms with Crippen LogP contribution in [0.25, 0.3) is 0 Å². The van der Waals surface area contributed by atoms with E-state index in [2.05, 4.69) is 4.74 Å². The van der Waals surface area contributed by atoms with E-state index in [0.717, 1.165) is 6.07 Å². The molecule has 0 unspecified atom stereocenters. The summed E-state index contributed by atoms with van der Waals surface area (Å²) in [6.45, 7) is -1.82. The number of amides is 1. The zero-order chi connectivity index (χ0) is 14.6. The maximum absolute atomic E-state index is 12.9. The number of benzene rings is 1. The summed E-state index contributed by atoms with van der Waals surface area (Å²) >= 11 is 0. The van der Waals surface area contributed by atoms with Crippen molar-refractivity contribution in [3.05, 3.63) is 34.1 Å². The zero-order valence-corrected chi connectivity index (χ0v) is 9.03. The predicted molar refractivity (Wildman–Crippen MR) is 54.1 cm³/mol. The van der Waals surface area contributed by atoms with Gasteiger partial charge in [0, 0.05) is 6.07 Å². The van der Waals surface area contributed by atoms with Gasteiger partial charge in [-0.05, 0) is 6.07 Å². The van der Waals surface area contributed by atoms with E-state index >= 15 is 0 Å². The molecule has 1 N–H and O–H groups in total. The van der Waals surface area contributed by atoms with Crippen molar-refractivity contribution in [2.45, 2.75) is 6.18 Å². The van der Waals surface area contributed by atoms with Gasteiger partial charge >= 0.3 is 12.3 Å². The smallest absolute Gasteiger partial charge is 0.422 e. The number of nitro benzene ring substituents is 1. The number of hydrogen-bond donors (Lipinski definition) is 1. The molecule has 0 aliphatic rings. The van der Waals surface area contributed by atoms with Gasteiger partial charge in [-0.3, -0.25) is 15.4 Å². The summed E-state index contributed by atoms with van der Waals surface area (Å²) in [5.74, 6) is -1.03. The molecule has 0 aliphatic carbocycles. The molecule has 1 amide bonds. The standard InChI is InChI=1S/C9H6F4N2O4/c10-5-1-6(3-7(2-5)15(17)18)14-8(16)19-4-9(11,12)13/h1-3H,4H2,(H,14,16). The molecule has 10 heteroatoms. The lowest BCUT2D eigenvalue weighted by Gasteiger charge is -2.09. The Kier molecular flexibility index (Phi) is 4.25. The number of carbonyl (C=O) groups excluding carboxylic acids is 1. The Morgan fingerprint density at radius 1 is 1.37 bits per heavy atom. The third kappa shape index (κ3) is 5.19. The number of halogens is 4. The molecule has 104 valence electrons. The number of carbonyl (C=O) groups is 1. The second kappa shape index (κ2) is 5.50. The van der Waals surface area contributed by atoms with E-state index < -0.39 is 35.3 Å². The Balaban J connectivity index is 2.71. The first-order valence-electron chi connectivity index (χ1n) is 4.63. The molecule has 0 aliphatic heterocycles. The van der Waals surface area contributed by atoms with Crippen molar-refractivity contribution < 1.29 is 32.0 Å². The lowest BCUT2D eigenvalue weighted by Crippen LogP contribution is -2.23. The molecule has 1 aromatic carbocycles. The van der Waals surface area contributed by atoms with Crippen molar-refractivity contribution >= 4 is 17.5 Å². The van der Waals surface area contributed by atoms with Crippen molar-refractivity contribution in [1.82, 2.24) is 0 Å². The molecule has 0 saturated carbocycles. The fraction of sp³-hybridized carbons (Fsp3) is 0.222. The summed E-state index contributed by atoms with van der Waals surface area (Å²) in [7, 11) is 0. The number of rotatable bonds is 3. The Morgan fingerprint density at radius 2 is 2.00 bits per heavy atom. The minimum Gasteiger partial charge on any atom is -0.440 e. The van der Waals surface area contributed by atoms with E-state index in [1.165, 1.54) is 0 Å². The molecule has 0 atom stereocenters. The van der Waals surface area contributed by atoms with Crippen molar-refractivity contribution in [2.24, 2.45) is 0 Å². The van der Waals surface area contributed by atoms with Gasteiger partial charge in [0.1, 0.15) is 5.82 Å². The van der Waals surface area contributed by atoms with Crippen molar-refractivity contribution in [3.8, 4) is 0 Å². The highest BCUT2D eigenvalue weighted by Crippen LogP contribution is 2.20. The van der Waals surface area contributed by atoms with E-state index in [4.69, 9.17) is 0 Å². The first-order valence-corrected chi connectivity index (χ1v) is 4.63. The number of anilines is 1. The lowest BCUT2D eigenvalue weighted by atomic mass is 10.3. The summed E-state index contributed by atoms with van der Waals surface area (Å²) in [5.41, 5.74) is -1.05. The third-order valence-electron chi connectivity index (χ3n) is 1.71. The molecule has 6 nitrogen and oxygen atoms in total. The van der Waals surface area contributed by atoms with E-state index in [0.29, 0.717) is 12.1 Å². The van der Waals surface area contributed by atoms with Crippen molar-refractivity contribution in [3.63, 3.8) is 0 Å². The molecule has 19 heavy (non-hydrogen) atoms. The van der Waals surface area contributed by atoms with Gasteiger partial charge < -0.3 is 4.74 Å². The fourth-order valence-electron chi connectivity index (χ4n) is 1.05. The maximum Gasteiger partial charge on any atom is 0.422 e. The topological polar surface area (TPSA) is 81.5 Å². The molecule has 0 heterocycles. The monoisotopic (exact) mass is 282 g/mol. The van der Waals surface area contributed by atoms with Crippen LogP contribution in [-0.4, -0.2) is 23.8 Å². The zero-order valence-electron chi connectivity index (χ0n) is 9.03. The predicted octanol–water partition coefficient (Wildman–Crippen LogP) is 2.84. The van der Waals surface area contributed by atoms with Crippen LogP contribution in [0.15, 0.2) is 18.2 Å². The molecule has 0 aromatic heterocycles. The summed E-state index contributed by atoms with van der Waals surface area (Å²) in [6.07, 6.45) is -6.21. The number of nitrogens with zero attached hydrogens (tertiary/aromatic N) is 1. The molecule has 0 radical (unpaired) electrons. The number of ether oxygens (including phenoxy) is 1. The van der Waals surface area contributed by atoms with Crippen LogP contribution in [0.5, 0.6) is 0 Å². The number of alkyl halides is 3. The highest BCUT2D eigenvalue weighted by Gasteiger charge is 2.29. The first-order chi connectivity index (χ1) is 8.67. The lowest BCUT2D eigenvalue weighted by molar-refractivity contribution is -0.385. The van der Waals surface area contributed by atoms with Crippen LogP contribution in [0.1, 0.15) is 0 Å². The molecular weight excluding hydrogens is 276 g/mol. The summed E-state index contributed by atoms with van der Waals surface area (Å²) in [5, 5.41) is 12.1. The quantitative estimate of drug-likeness (QED) is 0.525. The van der Waals surface area contributed by atoms with Crippen LogP contribution >= 0.6 is 0 Å². The van der Waals surface area contributed by atoms with E-state index in [1.807, 2.05) is 0 Å². The minimum atomic E-state index is -4.70. The average Bonchev–Trinajstić information content (AvgIpc) is 2.24. The van der Waals surface area contributed by atoms with E-state index in [-0.39, 0.29) is 5.69 Å². The number of non-ortho nitro benzene ring substituents is 1. The number of nitrogens with one attached hydrogen (secondary N) is 1. The van der Waals surface area contributed by atoms with Gasteiger partial charge in [-0.2, -0.15) is 13.2 Å². The average molecular weight is 282 g/mol. The summed E-state index contributed by atoms with van der Waals surface area (Å²) < 4.78 is 51.9. The Labute approximate surface area is 103 Å². The molecule has 1 rings (SSSR count). The minimum absolute atomic E-state index is 0.390. The van der Waals surface area contributed by atoms with Gasteiger partial charge in [0.05, 0.1) is 16.7 Å². The van der Waals surface area contributed by atoms with Crippen LogP contribution in [0.4, 0.5) is 33.7 Å². The Hall–Kier alpha value is -2.39. The van der Waals surface area contributed by atoms with Gasteiger partial charge in [0.15, 0.2) is 6.61 Å². The molecule has 1 aromatic rings. The van der Waals surface area contributed by atoms with Gasteiger partial charge in [0.2, 0.25) is 0 Å². The fourth-order valence-corrected chi connectivity index (χ4v) is 1.05. The SMILES string of the molecule is O=C(Nc1cc(F)cc([N+](=O)[O-])c1)OCC(F)(F)F. The first kappa shape index (κ1) is 14.7. The molecule has 0 spiro atoms. The highest BCUT2D eigenvalue weighted by atomic mass is 19.4. The normalized spacial score (nSPS) is 10.9. The van der Waals surface area contributed by atoms with Crippen molar-refractivity contribution in [1.29, 1.82) is 0 Å². The van der Waals surface area contributed by atoms with Crippen molar-refractivity contribution in [2.75, 3.05) is 11.9 Å². The Bertz CT molecular complexity index is 503. The van der Waals surface area contributed by atoms with Crippen LogP contribution in [0.3, 0.4) is 0 Å². The van der Waals surface area contributed by atoms with Gasteiger partial charge in [-0.15, -0.1) is 0 Å². The van der Waals surface area contributed by atoms with Gasteiger partial charge in [-0.25, -0.2) is 9.18 Å². The molecular formula is C9H6F4N2O4. The summed E-state index contributed by atoms with van der Waals surface area (Å²) in [4.78, 5) is 20.4. The van der Waals surface area contributed by atoms with Crippen LogP contribution in [-0.2, 0) is 4.74 Å². The highest BCUT2D eigenvalue weighted by molar-refractivity contribution is 5.85. The number of nitro groups is 1. The van der Waals surface area contributed by atoms with Gasteiger partial charge in [0.25, 0.3) is 5.69 Å². The van der Waals surface area contributed by atoms with Gasteiger partial charge in [-0.1, -0.05) is 0 Å². The largest absolute Gasteiger partial charge is 0.440 e.